The van der Waals surface area contributed by atoms with Gasteiger partial charge in [-0.1, -0.05) is 6.07 Å². The third-order valence-electron chi connectivity index (χ3n) is 4.39. The van der Waals surface area contributed by atoms with E-state index in [4.69, 9.17) is 18.9 Å². The molecular formula is C20H25FmN2O9-. The molecule has 1 aromatic carbocycles. The summed E-state index contributed by atoms with van der Waals surface area (Å²) < 4.78 is 21.3. The van der Waals surface area contributed by atoms with Crippen molar-refractivity contribution in [1.82, 2.24) is 5.32 Å². The van der Waals surface area contributed by atoms with Gasteiger partial charge in [0.25, 0.3) is 0 Å². The van der Waals surface area contributed by atoms with Crippen LogP contribution in [0.2, 0.25) is 0 Å². The number of carbonyl (C=O) groups excluding carboxylic acids is 4. The van der Waals surface area contributed by atoms with Gasteiger partial charge in [-0.25, -0.2) is 4.79 Å². The predicted octanol–water partition coefficient (Wildman–Crippen LogP) is 0.153. The summed E-state index contributed by atoms with van der Waals surface area (Å²) in [6, 6.07) is 4.62. The van der Waals surface area contributed by atoms with Gasteiger partial charge in [-0.2, -0.15) is 6.41 Å². The summed E-state index contributed by atoms with van der Waals surface area (Å²) in [5, 5.41) is 14.4. The number of aliphatic hydroxyl groups excluding tert-OH is 1. The van der Waals surface area contributed by atoms with Gasteiger partial charge < -0.3 is 39.5 Å². The molecule has 2 unspecified atom stereocenters. The van der Waals surface area contributed by atoms with Gasteiger partial charge in [-0.15, -0.1) is 0 Å². The molecule has 2 rings (SSSR count). The van der Waals surface area contributed by atoms with Crippen LogP contribution in [-0.2, 0) is 40.0 Å². The first-order valence-electron chi connectivity index (χ1n) is 9.57. The fourth-order valence-electron chi connectivity index (χ4n) is 3.01. The van der Waals surface area contributed by atoms with Gasteiger partial charge in [0, 0.05) is 43.5 Å². The average Bonchev–Trinajstić information content (AvgIpc) is 2.73. The Morgan fingerprint density at radius 3 is 2.66 bits per heavy atom. The summed E-state index contributed by atoms with van der Waals surface area (Å²) >= 11 is 0. The number of benzene rings is 1. The van der Waals surface area contributed by atoms with E-state index in [1.165, 1.54) is 26.5 Å². The van der Waals surface area contributed by atoms with E-state index >= 15 is 0 Å². The van der Waals surface area contributed by atoms with Crippen molar-refractivity contribution in [3.8, 4) is 5.75 Å². The summed E-state index contributed by atoms with van der Waals surface area (Å²) in [7, 11) is 1.22. The second kappa shape index (κ2) is 12.5. The van der Waals surface area contributed by atoms with E-state index in [0.29, 0.717) is 17.0 Å². The molecule has 0 aromatic heterocycles. The first kappa shape index (κ1) is 25.9. The SMILES string of the molecule is COC(=O)[C@@H]1CC(OC(C)=O)CC(Oc2ccc(CO)c(NC(=O)CCN[C-]=O)c2)O1.[Fm]. The number of amides is 2. The minimum atomic E-state index is -0.967. The van der Waals surface area contributed by atoms with Gasteiger partial charge in [0.15, 0.2) is 6.10 Å². The van der Waals surface area contributed by atoms with Crippen molar-refractivity contribution in [1.29, 1.82) is 0 Å². The molecule has 32 heavy (non-hydrogen) atoms. The van der Waals surface area contributed by atoms with Crippen molar-refractivity contribution in [2.24, 2.45) is 0 Å². The fraction of sp³-hybridized carbons (Fsp3) is 0.500. The van der Waals surface area contributed by atoms with E-state index in [0.717, 1.165) is 0 Å². The van der Waals surface area contributed by atoms with Crippen molar-refractivity contribution < 1.29 is 43.2 Å². The normalized spacial score (nSPS) is 19.7. The van der Waals surface area contributed by atoms with Gasteiger partial charge in [0.2, 0.25) is 12.2 Å². The molecule has 11 nitrogen and oxygen atoms in total. The first-order chi connectivity index (χ1) is 14.9. The van der Waals surface area contributed by atoms with E-state index in [1.807, 2.05) is 0 Å². The number of ether oxygens (including phenoxy) is 4. The van der Waals surface area contributed by atoms with Crippen molar-refractivity contribution in [3.05, 3.63) is 23.8 Å². The zero-order valence-electron chi connectivity index (χ0n) is 17.5. The molecule has 182 valence electrons. The number of methoxy groups -OCH3 is 1. The average molecular weight is 694 g/mol. The van der Waals surface area contributed by atoms with Crippen molar-refractivity contribution in [3.63, 3.8) is 0 Å². The number of aliphatic hydroxyl groups is 1. The summed E-state index contributed by atoms with van der Waals surface area (Å²) in [6.07, 6.45) is -0.664. The van der Waals surface area contributed by atoms with Gasteiger partial charge in [-0.05, 0) is 12.6 Å². The maximum Gasteiger partial charge on any atom is 0.335 e. The summed E-state index contributed by atoms with van der Waals surface area (Å²) in [5.41, 5.74) is 0.766. The molecule has 0 bridgehead atoms. The standard InChI is InChI=1S/C20H25N2O9.Fm/c1-12(25)29-15-8-17(20(27)28-2)31-19(9-15)30-14-4-3-13(10-23)16(7-14)22-18(26)5-6-21-11-24;/h3-4,7,15,17,19,23H,5-6,8-10H2,1-2H3,(H,21,24)(H,22,26);/q-1;/t15?,17-,19?;/m0./s1. The number of rotatable bonds is 10. The minimum absolute atomic E-state index is 0. The topological polar surface area (TPSA) is 149 Å². The van der Waals surface area contributed by atoms with E-state index in [2.05, 4.69) is 10.6 Å². The molecule has 0 radical (unpaired) electrons. The maximum atomic E-state index is 12.0. The van der Waals surface area contributed by atoms with Gasteiger partial charge in [-0.3, -0.25) is 9.59 Å². The number of carbonyl (C=O) groups is 3. The van der Waals surface area contributed by atoms with E-state index < -0.39 is 30.4 Å². The number of esters is 2. The molecule has 0 spiro atoms. The van der Waals surface area contributed by atoms with Crippen LogP contribution in [0.15, 0.2) is 18.2 Å². The molecule has 1 aliphatic heterocycles. The molecule has 3 N–H and O–H groups in total. The van der Waals surface area contributed by atoms with Crippen LogP contribution in [0.5, 0.6) is 5.75 Å². The molecule has 0 aliphatic carbocycles. The number of nitrogens with one attached hydrogen (secondary N) is 2. The Kier molecular flexibility index (Phi) is 10.1. The predicted molar refractivity (Wildman–Crippen MR) is 105 cm³/mol. The Morgan fingerprint density at radius 2 is 2.03 bits per heavy atom. The van der Waals surface area contributed by atoms with Crippen LogP contribution in [0.25, 0.3) is 0 Å². The van der Waals surface area contributed by atoms with Crippen LogP contribution in [0, 0.1) is 0 Å². The Hall–Kier alpha value is -4.18. The number of hydrogen-bond donors (Lipinski definition) is 3. The minimum Gasteiger partial charge on any atom is -0.529 e. The van der Waals surface area contributed by atoms with Crippen LogP contribution in [0.3, 0.4) is 0 Å². The number of hydrogen-bond acceptors (Lipinski definition) is 9. The molecule has 2 amide bonds. The third kappa shape index (κ3) is 7.58. The van der Waals surface area contributed by atoms with Gasteiger partial charge >= 0.3 is 11.9 Å². The van der Waals surface area contributed by atoms with E-state index in [-0.39, 0.29) is 38.3 Å². The van der Waals surface area contributed by atoms with Gasteiger partial charge in [0.05, 0.1) is 13.7 Å². The molecule has 1 aliphatic rings. The Morgan fingerprint density at radius 1 is 1.28 bits per heavy atom. The van der Waals surface area contributed by atoms with E-state index in [1.54, 1.807) is 12.1 Å². The quantitative estimate of drug-likeness (QED) is 0.135. The molecule has 12 heteroatoms. The van der Waals surface area contributed by atoms with Gasteiger partial charge in [0.1, 0.15) is 11.9 Å². The maximum absolute atomic E-state index is 12.0. The first-order valence-corrected chi connectivity index (χ1v) is 9.57. The second-order valence-electron chi connectivity index (χ2n) is 6.70. The van der Waals surface area contributed by atoms with Crippen LogP contribution in [0.4, 0.5) is 5.69 Å². The van der Waals surface area contributed by atoms with Crippen molar-refractivity contribution >= 4 is 29.9 Å². The molecule has 1 heterocycles. The van der Waals surface area contributed by atoms with Crippen LogP contribution in [-0.4, -0.2) is 61.5 Å². The summed E-state index contributed by atoms with van der Waals surface area (Å²) in [4.78, 5) is 45.4. The molecule has 1 saturated heterocycles. The zero-order valence-corrected chi connectivity index (χ0v) is 19.9. The van der Waals surface area contributed by atoms with E-state index in [9.17, 15) is 24.3 Å². The Labute approximate surface area is 179 Å². The Balaban J connectivity index is 0.00000512. The molecule has 3 atom stereocenters. The number of anilines is 1. The largest absolute Gasteiger partial charge is 0.529 e. The van der Waals surface area contributed by atoms with Crippen LogP contribution in [0.1, 0.15) is 31.7 Å². The summed E-state index contributed by atoms with van der Waals surface area (Å²) in [5.74, 6) is -1.20. The zero-order chi connectivity index (χ0) is 22.8. The monoisotopic (exact) mass is 694 g/mol. The fourth-order valence-corrected chi connectivity index (χ4v) is 3.01. The summed E-state index contributed by atoms with van der Waals surface area (Å²) in [6.45, 7) is 1.06. The smallest absolute Gasteiger partial charge is 0.335 e. The molecule has 1 aromatic rings. The van der Waals surface area contributed by atoms with Crippen molar-refractivity contribution in [2.45, 2.75) is 51.3 Å². The van der Waals surface area contributed by atoms with Crippen molar-refractivity contribution in [2.75, 3.05) is 19.0 Å². The third-order valence-corrected chi connectivity index (χ3v) is 4.39. The second-order valence-corrected chi connectivity index (χ2v) is 6.70. The Bertz CT molecular complexity index is 805. The molecule has 0 saturated carbocycles. The van der Waals surface area contributed by atoms with Crippen LogP contribution < -0.4 is 15.4 Å². The molecular weight excluding hydrogens is 669 g/mol. The van der Waals surface area contributed by atoms with Crippen LogP contribution >= 0.6 is 0 Å². The molecule has 1 fully saturated rings.